The molecule has 0 amide bonds. The summed E-state index contributed by atoms with van der Waals surface area (Å²) in [6.45, 7) is 3.45. The van der Waals surface area contributed by atoms with Crippen LogP contribution in [-0.4, -0.2) is 42.0 Å². The van der Waals surface area contributed by atoms with E-state index in [1.807, 2.05) is 19.0 Å². The van der Waals surface area contributed by atoms with E-state index in [4.69, 9.17) is 39.5 Å². The minimum atomic E-state index is -1.35. The summed E-state index contributed by atoms with van der Waals surface area (Å²) in [4.78, 5) is 1.96. The zero-order chi connectivity index (χ0) is 12.6. The van der Waals surface area contributed by atoms with Crippen molar-refractivity contribution in [2.75, 3.05) is 27.2 Å². The molecule has 0 heterocycles. The Balaban J connectivity index is 3.84. The van der Waals surface area contributed by atoms with Crippen molar-refractivity contribution in [2.45, 2.75) is 42.5 Å². The highest BCUT2D eigenvalue weighted by Gasteiger charge is 2.33. The quantitative estimate of drug-likeness (QED) is 0.497. The van der Waals surface area contributed by atoms with Gasteiger partial charge >= 0.3 is 0 Å². The molecule has 5 heteroatoms. The van der Waals surface area contributed by atoms with E-state index in [0.717, 1.165) is 6.42 Å². The maximum absolute atomic E-state index is 5.86. The van der Waals surface area contributed by atoms with Crippen LogP contribution in [0.4, 0.5) is 0 Å². The number of alkyl halides is 3. The molecule has 16 heavy (non-hydrogen) atoms. The van der Waals surface area contributed by atoms with Gasteiger partial charge in [-0.3, -0.25) is 0 Å². The molecule has 2 nitrogen and oxygen atoms in total. The van der Waals surface area contributed by atoms with Gasteiger partial charge in [-0.1, -0.05) is 61.0 Å². The van der Waals surface area contributed by atoms with Crippen LogP contribution in [0.2, 0.25) is 0 Å². The highest BCUT2D eigenvalue weighted by Crippen LogP contribution is 2.32. The predicted octanol–water partition coefficient (Wildman–Crippen LogP) is 3.88. The van der Waals surface area contributed by atoms with E-state index in [-0.39, 0.29) is 6.10 Å². The summed E-state index contributed by atoms with van der Waals surface area (Å²) in [5.41, 5.74) is 0. The second-order valence-corrected chi connectivity index (χ2v) is 6.59. The van der Waals surface area contributed by atoms with Crippen molar-refractivity contribution < 1.29 is 4.74 Å². The van der Waals surface area contributed by atoms with E-state index in [1.165, 1.54) is 19.3 Å². The third-order valence-electron chi connectivity index (χ3n) is 2.21. The monoisotopic (exact) mass is 289 g/mol. The standard InChI is InChI=1S/C11H22Cl3NO/c1-4-5-6-7-8-16-10(9-15(2)3)11(12,13)14/h10H,4-9H2,1-3H3/t10-/m0/s1. The molecule has 0 aromatic rings. The molecule has 1 atom stereocenters. The van der Waals surface area contributed by atoms with Crippen LogP contribution in [0.3, 0.4) is 0 Å². The van der Waals surface area contributed by atoms with Crippen LogP contribution in [-0.2, 0) is 4.74 Å². The largest absolute Gasteiger partial charge is 0.372 e. The van der Waals surface area contributed by atoms with Crippen LogP contribution in [0.5, 0.6) is 0 Å². The summed E-state index contributed by atoms with van der Waals surface area (Å²) in [6, 6.07) is 0. The third kappa shape index (κ3) is 8.89. The Bertz CT molecular complexity index is 171. The lowest BCUT2D eigenvalue weighted by Gasteiger charge is -2.27. The Morgan fingerprint density at radius 2 is 1.75 bits per heavy atom. The van der Waals surface area contributed by atoms with Crippen LogP contribution in [0, 0.1) is 0 Å². The predicted molar refractivity (Wildman–Crippen MR) is 72.7 cm³/mol. The summed E-state index contributed by atoms with van der Waals surface area (Å²) in [7, 11) is 3.87. The summed E-state index contributed by atoms with van der Waals surface area (Å²) >= 11 is 17.6. The van der Waals surface area contributed by atoms with Gasteiger partial charge in [0.15, 0.2) is 0 Å². The second kappa shape index (κ2) is 8.82. The Hall–Kier alpha value is 0.790. The van der Waals surface area contributed by atoms with E-state index in [1.54, 1.807) is 0 Å². The number of halogens is 3. The Morgan fingerprint density at radius 1 is 1.12 bits per heavy atom. The second-order valence-electron chi connectivity index (χ2n) is 4.22. The minimum absolute atomic E-state index is 0.367. The lowest BCUT2D eigenvalue weighted by Crippen LogP contribution is -2.38. The molecule has 0 rings (SSSR count). The fraction of sp³-hybridized carbons (Fsp3) is 1.00. The number of likely N-dealkylation sites (N-methyl/N-ethyl adjacent to an activating group) is 1. The molecule has 0 radical (unpaired) electrons. The van der Waals surface area contributed by atoms with Gasteiger partial charge < -0.3 is 9.64 Å². The van der Waals surface area contributed by atoms with Gasteiger partial charge in [0, 0.05) is 13.2 Å². The first kappa shape index (κ1) is 16.8. The van der Waals surface area contributed by atoms with Crippen molar-refractivity contribution in [1.29, 1.82) is 0 Å². The fourth-order valence-electron chi connectivity index (χ4n) is 1.34. The van der Waals surface area contributed by atoms with E-state index >= 15 is 0 Å². The first-order chi connectivity index (χ1) is 7.38. The molecular weight excluding hydrogens is 268 g/mol. The maximum Gasteiger partial charge on any atom is 0.217 e. The highest BCUT2D eigenvalue weighted by atomic mass is 35.6. The number of rotatable bonds is 8. The number of nitrogens with zero attached hydrogens (tertiary/aromatic N) is 1. The zero-order valence-corrected chi connectivity index (χ0v) is 12.6. The Morgan fingerprint density at radius 3 is 2.19 bits per heavy atom. The van der Waals surface area contributed by atoms with Gasteiger partial charge in [0.05, 0.1) is 0 Å². The normalized spacial score (nSPS) is 14.4. The lowest BCUT2D eigenvalue weighted by molar-refractivity contribution is 0.0361. The molecule has 0 bridgehead atoms. The van der Waals surface area contributed by atoms with E-state index in [2.05, 4.69) is 6.92 Å². The van der Waals surface area contributed by atoms with Crippen LogP contribution in [0.15, 0.2) is 0 Å². The molecule has 0 unspecified atom stereocenters. The number of hydrogen-bond acceptors (Lipinski definition) is 2. The van der Waals surface area contributed by atoms with Crippen LogP contribution in [0.1, 0.15) is 32.6 Å². The first-order valence-electron chi connectivity index (χ1n) is 5.71. The average molecular weight is 291 g/mol. The first-order valence-corrected chi connectivity index (χ1v) is 6.84. The Kier molecular flexibility index (Phi) is 9.25. The molecule has 98 valence electrons. The van der Waals surface area contributed by atoms with Gasteiger partial charge in [0.25, 0.3) is 0 Å². The molecule has 0 aliphatic rings. The van der Waals surface area contributed by atoms with Crippen molar-refractivity contribution in [3.63, 3.8) is 0 Å². The summed E-state index contributed by atoms with van der Waals surface area (Å²) < 4.78 is 4.27. The van der Waals surface area contributed by atoms with Crippen LogP contribution < -0.4 is 0 Å². The molecule has 0 saturated carbocycles. The van der Waals surface area contributed by atoms with Gasteiger partial charge in [-0.15, -0.1) is 0 Å². The molecule has 0 aromatic heterocycles. The van der Waals surface area contributed by atoms with Crippen molar-refractivity contribution in [2.24, 2.45) is 0 Å². The molecule has 0 N–H and O–H groups in total. The smallest absolute Gasteiger partial charge is 0.217 e. The SMILES string of the molecule is CCCCCCO[C@@H](CN(C)C)C(Cl)(Cl)Cl. The Labute approximate surface area is 114 Å². The summed E-state index contributed by atoms with van der Waals surface area (Å²) in [6.07, 6.45) is 4.28. The van der Waals surface area contributed by atoms with Gasteiger partial charge in [0.1, 0.15) is 6.10 Å². The molecule has 0 saturated heterocycles. The molecular formula is C11H22Cl3NO. The van der Waals surface area contributed by atoms with Gasteiger partial charge in [-0.05, 0) is 20.5 Å². The molecule has 0 aliphatic heterocycles. The minimum Gasteiger partial charge on any atom is -0.372 e. The molecule has 0 fully saturated rings. The van der Waals surface area contributed by atoms with Crippen molar-refractivity contribution in [1.82, 2.24) is 4.90 Å². The van der Waals surface area contributed by atoms with E-state index in [9.17, 15) is 0 Å². The van der Waals surface area contributed by atoms with E-state index in [0.29, 0.717) is 13.2 Å². The van der Waals surface area contributed by atoms with Gasteiger partial charge in [-0.25, -0.2) is 0 Å². The molecule has 0 aromatic carbocycles. The number of hydrogen-bond donors (Lipinski definition) is 0. The number of ether oxygens (including phenoxy) is 1. The van der Waals surface area contributed by atoms with Crippen molar-refractivity contribution in [3.05, 3.63) is 0 Å². The highest BCUT2D eigenvalue weighted by molar-refractivity contribution is 6.68. The maximum atomic E-state index is 5.86. The topological polar surface area (TPSA) is 12.5 Å². The van der Waals surface area contributed by atoms with Crippen molar-refractivity contribution >= 4 is 34.8 Å². The summed E-state index contributed by atoms with van der Waals surface area (Å²) in [5, 5.41) is 0. The zero-order valence-electron chi connectivity index (χ0n) is 10.3. The average Bonchev–Trinajstić information content (AvgIpc) is 2.13. The van der Waals surface area contributed by atoms with Crippen LogP contribution >= 0.6 is 34.8 Å². The molecule has 0 aliphatic carbocycles. The lowest BCUT2D eigenvalue weighted by atomic mass is 10.2. The van der Waals surface area contributed by atoms with Crippen molar-refractivity contribution in [3.8, 4) is 0 Å². The molecule has 0 spiro atoms. The van der Waals surface area contributed by atoms with Gasteiger partial charge in [0.2, 0.25) is 3.79 Å². The number of unbranched alkanes of at least 4 members (excludes halogenated alkanes) is 3. The summed E-state index contributed by atoms with van der Waals surface area (Å²) in [5.74, 6) is 0. The van der Waals surface area contributed by atoms with Gasteiger partial charge in [-0.2, -0.15) is 0 Å². The fourth-order valence-corrected chi connectivity index (χ4v) is 1.73. The third-order valence-corrected chi connectivity index (χ3v) is 2.94. The van der Waals surface area contributed by atoms with E-state index < -0.39 is 3.79 Å². The van der Waals surface area contributed by atoms with Crippen LogP contribution in [0.25, 0.3) is 0 Å².